The van der Waals surface area contributed by atoms with Crippen molar-refractivity contribution >= 4 is 29.4 Å². The van der Waals surface area contributed by atoms with Gasteiger partial charge in [-0.2, -0.15) is 0 Å². The standard InChI is InChI=1S/C37H55NO10/c1-4-5-6-9-12-15-29(40)16-13-10-7-8-11-14-17-32(37(47,36(45)46)25-30(41)26-39)34(42)38-33(35(43)44)24-28-18-20-31(21-19-28)48-23-22-27(2)3/h14,17-22,32-33,39,47H,4-13,15-16,23-26H2,1-3H3,(H,38,42)(H,43,44)(H,45,46)/t32-,33+,37+/m1/s1. The summed E-state index contributed by atoms with van der Waals surface area (Å²) in [6, 6.07) is 5.15. The molecule has 0 heterocycles. The predicted molar refractivity (Wildman–Crippen MR) is 183 cm³/mol. The monoisotopic (exact) mass is 673 g/mol. The molecule has 0 saturated heterocycles. The van der Waals surface area contributed by atoms with Crippen LogP contribution in [0.4, 0.5) is 0 Å². The number of rotatable bonds is 27. The van der Waals surface area contributed by atoms with Crippen LogP contribution < -0.4 is 10.1 Å². The molecular weight excluding hydrogens is 618 g/mol. The Hall–Kier alpha value is -3.83. The summed E-state index contributed by atoms with van der Waals surface area (Å²) in [5.41, 5.74) is -1.27. The van der Waals surface area contributed by atoms with Crippen molar-refractivity contribution in [3.8, 4) is 5.75 Å². The van der Waals surface area contributed by atoms with Gasteiger partial charge in [0.2, 0.25) is 5.91 Å². The second-order valence-electron chi connectivity index (χ2n) is 12.5. The second kappa shape index (κ2) is 23.5. The molecule has 1 rings (SSSR count). The Morgan fingerprint density at radius 3 is 2.02 bits per heavy atom. The van der Waals surface area contributed by atoms with Crippen molar-refractivity contribution in [2.24, 2.45) is 5.92 Å². The van der Waals surface area contributed by atoms with Crippen molar-refractivity contribution in [2.75, 3.05) is 13.2 Å². The highest BCUT2D eigenvalue weighted by atomic mass is 16.5. The van der Waals surface area contributed by atoms with E-state index in [2.05, 4.69) is 12.2 Å². The van der Waals surface area contributed by atoms with Crippen LogP contribution >= 0.6 is 0 Å². The number of carbonyl (C=O) groups excluding carboxylic acids is 3. The molecule has 0 aromatic heterocycles. The number of ether oxygens (including phenoxy) is 1. The first-order chi connectivity index (χ1) is 22.8. The van der Waals surface area contributed by atoms with Crippen LogP contribution in [0.2, 0.25) is 0 Å². The summed E-state index contributed by atoms with van der Waals surface area (Å²) in [5.74, 6) is -6.32. The van der Waals surface area contributed by atoms with Gasteiger partial charge in [0.05, 0.1) is 5.92 Å². The zero-order valence-corrected chi connectivity index (χ0v) is 28.7. The van der Waals surface area contributed by atoms with E-state index in [0.717, 1.165) is 50.5 Å². The van der Waals surface area contributed by atoms with E-state index >= 15 is 0 Å². The van der Waals surface area contributed by atoms with Gasteiger partial charge in [-0.05, 0) is 63.3 Å². The number of nitrogens with one attached hydrogen (secondary N) is 1. The zero-order chi connectivity index (χ0) is 36.0. The lowest BCUT2D eigenvalue weighted by Crippen LogP contribution is -2.55. The van der Waals surface area contributed by atoms with Crippen LogP contribution in [-0.4, -0.2) is 74.7 Å². The number of ketones is 2. The summed E-state index contributed by atoms with van der Waals surface area (Å²) in [6.45, 7) is 5.37. The maximum Gasteiger partial charge on any atom is 0.337 e. The fraction of sp³-hybridized carbons (Fsp3) is 0.595. The lowest BCUT2D eigenvalue weighted by atomic mass is 9.81. The molecule has 11 heteroatoms. The van der Waals surface area contributed by atoms with Crippen LogP contribution in [0.3, 0.4) is 0 Å². The van der Waals surface area contributed by atoms with Gasteiger partial charge in [0.15, 0.2) is 11.4 Å². The van der Waals surface area contributed by atoms with E-state index in [1.54, 1.807) is 24.3 Å². The Kier molecular flexibility index (Phi) is 20.6. The van der Waals surface area contributed by atoms with Crippen molar-refractivity contribution < 1.29 is 49.1 Å². The van der Waals surface area contributed by atoms with E-state index in [1.165, 1.54) is 18.6 Å². The summed E-state index contributed by atoms with van der Waals surface area (Å²) in [5, 5.41) is 42.4. The SMILES string of the molecule is CCCCCCCC(=O)CCCCCCC=C[C@H](C(=O)N[C@@H](Cc1ccc(OCC=C(C)C)cc1)C(=O)O)[C@@](O)(CC(=O)CO)C(=O)O. The number of hydrogen-bond acceptors (Lipinski definition) is 8. The number of Topliss-reactive ketones (excluding diaryl/α,β-unsaturated/α-hetero) is 2. The van der Waals surface area contributed by atoms with E-state index < -0.39 is 54.2 Å². The Morgan fingerprint density at radius 1 is 0.875 bits per heavy atom. The van der Waals surface area contributed by atoms with E-state index in [1.807, 2.05) is 19.9 Å². The summed E-state index contributed by atoms with van der Waals surface area (Å²) >= 11 is 0. The van der Waals surface area contributed by atoms with Gasteiger partial charge in [0, 0.05) is 25.7 Å². The molecule has 0 fully saturated rings. The Morgan fingerprint density at radius 2 is 1.48 bits per heavy atom. The molecule has 48 heavy (non-hydrogen) atoms. The maximum absolute atomic E-state index is 13.4. The number of carboxylic acid groups (broad SMARTS) is 2. The van der Waals surface area contributed by atoms with Gasteiger partial charge in [-0.3, -0.25) is 14.4 Å². The number of allylic oxidation sites excluding steroid dienone is 2. The van der Waals surface area contributed by atoms with Crippen molar-refractivity contribution in [1.29, 1.82) is 0 Å². The van der Waals surface area contributed by atoms with Gasteiger partial charge in [0.1, 0.15) is 30.8 Å². The van der Waals surface area contributed by atoms with Gasteiger partial charge in [-0.15, -0.1) is 0 Å². The average molecular weight is 674 g/mol. The van der Waals surface area contributed by atoms with Gasteiger partial charge in [0.25, 0.3) is 0 Å². The largest absolute Gasteiger partial charge is 0.490 e. The van der Waals surface area contributed by atoms with Crippen molar-refractivity contribution in [1.82, 2.24) is 5.32 Å². The molecule has 1 aromatic rings. The third-order valence-electron chi connectivity index (χ3n) is 7.99. The third-order valence-corrected chi connectivity index (χ3v) is 7.99. The van der Waals surface area contributed by atoms with E-state index in [4.69, 9.17) is 4.74 Å². The molecule has 0 bridgehead atoms. The van der Waals surface area contributed by atoms with Crippen LogP contribution in [-0.2, 0) is 30.4 Å². The Balaban J connectivity index is 2.88. The van der Waals surface area contributed by atoms with Crippen molar-refractivity contribution in [3.63, 3.8) is 0 Å². The summed E-state index contributed by atoms with van der Waals surface area (Å²) < 4.78 is 5.61. The lowest BCUT2D eigenvalue weighted by Gasteiger charge is -2.30. The molecule has 1 aromatic carbocycles. The van der Waals surface area contributed by atoms with Gasteiger partial charge >= 0.3 is 11.9 Å². The number of aliphatic hydroxyl groups excluding tert-OH is 1. The molecule has 0 aliphatic heterocycles. The lowest BCUT2D eigenvalue weighted by molar-refractivity contribution is -0.169. The van der Waals surface area contributed by atoms with E-state index in [-0.39, 0.29) is 12.2 Å². The van der Waals surface area contributed by atoms with Crippen LogP contribution in [0.5, 0.6) is 5.75 Å². The van der Waals surface area contributed by atoms with Crippen molar-refractivity contribution in [3.05, 3.63) is 53.6 Å². The summed E-state index contributed by atoms with van der Waals surface area (Å²) in [7, 11) is 0. The van der Waals surface area contributed by atoms with E-state index in [0.29, 0.717) is 43.6 Å². The molecule has 0 spiro atoms. The second-order valence-corrected chi connectivity index (χ2v) is 12.5. The summed E-state index contributed by atoms with van der Waals surface area (Å²) in [6.07, 6.45) is 13.5. The highest BCUT2D eigenvalue weighted by Crippen LogP contribution is 2.26. The first kappa shape index (κ1) is 42.2. The fourth-order valence-corrected chi connectivity index (χ4v) is 5.08. The quantitative estimate of drug-likeness (QED) is 0.0601. The number of unbranched alkanes of at least 4 members (excludes halogenated alkanes) is 8. The van der Waals surface area contributed by atoms with Crippen LogP contribution in [0.15, 0.2) is 48.1 Å². The molecule has 268 valence electrons. The van der Waals surface area contributed by atoms with Crippen LogP contribution in [0.25, 0.3) is 0 Å². The van der Waals surface area contributed by atoms with Crippen molar-refractivity contribution in [2.45, 2.75) is 122 Å². The van der Waals surface area contributed by atoms with Crippen LogP contribution in [0.1, 0.15) is 110 Å². The number of aliphatic carboxylic acids is 2. The van der Waals surface area contributed by atoms with E-state index in [9.17, 15) is 44.4 Å². The normalized spacial score (nSPS) is 13.7. The smallest absolute Gasteiger partial charge is 0.337 e. The molecule has 0 aliphatic rings. The molecule has 0 saturated carbocycles. The Labute approximate surface area is 284 Å². The molecule has 0 radical (unpaired) electrons. The number of amides is 1. The highest BCUT2D eigenvalue weighted by Gasteiger charge is 2.48. The van der Waals surface area contributed by atoms with Gasteiger partial charge in [-0.25, -0.2) is 9.59 Å². The molecule has 0 unspecified atom stereocenters. The minimum absolute atomic E-state index is 0.145. The molecule has 3 atom stereocenters. The molecular formula is C37H55NO10. The fourth-order valence-electron chi connectivity index (χ4n) is 5.08. The number of aliphatic hydroxyl groups is 2. The zero-order valence-electron chi connectivity index (χ0n) is 28.7. The number of benzene rings is 1. The molecule has 0 aliphatic carbocycles. The average Bonchev–Trinajstić information content (AvgIpc) is 3.03. The number of hydrogen-bond donors (Lipinski definition) is 5. The Bertz CT molecular complexity index is 1220. The number of carbonyl (C=O) groups is 5. The minimum Gasteiger partial charge on any atom is -0.490 e. The maximum atomic E-state index is 13.4. The highest BCUT2D eigenvalue weighted by molar-refractivity contribution is 5.96. The topological polar surface area (TPSA) is 188 Å². The summed E-state index contributed by atoms with van der Waals surface area (Å²) in [4.78, 5) is 61.8. The molecule has 11 nitrogen and oxygen atoms in total. The first-order valence-corrected chi connectivity index (χ1v) is 17.0. The van der Waals surface area contributed by atoms with Crippen LogP contribution in [0, 0.1) is 5.92 Å². The first-order valence-electron chi connectivity index (χ1n) is 17.0. The third kappa shape index (κ3) is 16.8. The molecule has 1 amide bonds. The number of carboxylic acids is 2. The predicted octanol–water partition coefficient (Wildman–Crippen LogP) is 5.35. The van der Waals surface area contributed by atoms with Gasteiger partial charge < -0.3 is 30.5 Å². The minimum atomic E-state index is -2.93. The molecule has 5 N–H and O–H groups in total. The van der Waals surface area contributed by atoms with Gasteiger partial charge in [-0.1, -0.05) is 75.3 Å².